The van der Waals surface area contributed by atoms with Crippen LogP contribution >= 0.6 is 0 Å². The number of amides is 2. The third-order valence-corrected chi connectivity index (χ3v) is 5.54. The van der Waals surface area contributed by atoms with Crippen molar-refractivity contribution in [2.45, 2.75) is 25.2 Å². The predicted octanol–water partition coefficient (Wildman–Crippen LogP) is 3.35. The minimum absolute atomic E-state index is 0.0363. The number of hydrogen-bond acceptors (Lipinski definition) is 3. The van der Waals surface area contributed by atoms with Gasteiger partial charge in [-0.2, -0.15) is 0 Å². The number of para-hydroxylation sites is 2. The molecule has 136 valence electrons. The predicted molar refractivity (Wildman–Crippen MR) is 102 cm³/mol. The molecule has 1 saturated carbocycles. The van der Waals surface area contributed by atoms with E-state index < -0.39 is 5.72 Å². The molecule has 0 aromatic heterocycles. The molecule has 0 N–H and O–H groups in total. The van der Waals surface area contributed by atoms with E-state index in [2.05, 4.69) is 6.58 Å². The molecule has 0 saturated heterocycles. The minimum Gasteiger partial charge on any atom is -0.338 e. The molecular weight excluding hydrogens is 340 g/mol. The average Bonchev–Trinajstić information content (AvgIpc) is 3.53. The van der Waals surface area contributed by atoms with Crippen LogP contribution in [0.4, 0.5) is 11.4 Å². The van der Waals surface area contributed by atoms with Crippen LogP contribution in [-0.2, 0) is 26.7 Å². The Labute approximate surface area is 157 Å². The van der Waals surface area contributed by atoms with Gasteiger partial charge >= 0.3 is 0 Å². The summed E-state index contributed by atoms with van der Waals surface area (Å²) in [4.78, 5) is 30.3. The number of carbonyl (C=O) groups excluding carboxylic acids is 2. The first kappa shape index (κ1) is 16.3. The van der Waals surface area contributed by atoms with Crippen molar-refractivity contribution in [1.29, 1.82) is 0 Å². The lowest BCUT2D eigenvalue weighted by Gasteiger charge is -2.44. The van der Waals surface area contributed by atoms with E-state index in [1.165, 1.54) is 0 Å². The molecule has 5 heteroatoms. The van der Waals surface area contributed by atoms with Crippen LogP contribution in [0.25, 0.3) is 0 Å². The summed E-state index contributed by atoms with van der Waals surface area (Å²) in [5, 5.41) is 0. The molecule has 2 aromatic rings. The number of anilines is 2. The molecule has 1 aliphatic carbocycles. The van der Waals surface area contributed by atoms with Gasteiger partial charge in [-0.25, -0.2) is 0 Å². The molecule has 0 bridgehead atoms. The summed E-state index contributed by atoms with van der Waals surface area (Å²) in [6.45, 7) is 4.43. The van der Waals surface area contributed by atoms with Crippen molar-refractivity contribution in [3.63, 3.8) is 0 Å². The molecule has 0 unspecified atom stereocenters. The topological polar surface area (TPSA) is 49.9 Å². The normalized spacial score (nSPS) is 23.3. The van der Waals surface area contributed by atoms with Gasteiger partial charge in [-0.15, -0.1) is 6.58 Å². The van der Waals surface area contributed by atoms with E-state index in [0.29, 0.717) is 6.54 Å². The number of hydrogen-bond donors (Lipinski definition) is 0. The van der Waals surface area contributed by atoms with Crippen molar-refractivity contribution in [2.24, 2.45) is 5.92 Å². The quantitative estimate of drug-likeness (QED) is 0.789. The van der Waals surface area contributed by atoms with E-state index in [-0.39, 0.29) is 24.3 Å². The number of carbonyl (C=O) groups is 2. The highest BCUT2D eigenvalue weighted by Gasteiger charge is 2.61. The molecule has 2 aliphatic heterocycles. The Morgan fingerprint density at radius 1 is 1.15 bits per heavy atom. The molecule has 5 rings (SSSR count). The molecular formula is C22H20N2O3. The average molecular weight is 360 g/mol. The van der Waals surface area contributed by atoms with Crippen molar-refractivity contribution in [3.05, 3.63) is 72.3 Å². The minimum atomic E-state index is -1.44. The lowest BCUT2D eigenvalue weighted by molar-refractivity contribution is -0.153. The SMILES string of the molecule is C=CCN1C(=O)[C@]2(OCc3ccccc3N2C(=O)C2CC2)c2ccccc21. The summed E-state index contributed by atoms with van der Waals surface area (Å²) >= 11 is 0. The van der Waals surface area contributed by atoms with Gasteiger partial charge in [0.05, 0.1) is 18.0 Å². The van der Waals surface area contributed by atoms with E-state index in [9.17, 15) is 9.59 Å². The van der Waals surface area contributed by atoms with E-state index in [1.807, 2.05) is 48.5 Å². The second-order valence-corrected chi connectivity index (χ2v) is 7.23. The smallest absolute Gasteiger partial charge is 0.286 e. The first-order valence-corrected chi connectivity index (χ1v) is 9.27. The molecule has 1 fully saturated rings. The first-order valence-electron chi connectivity index (χ1n) is 9.27. The van der Waals surface area contributed by atoms with Crippen LogP contribution in [0.2, 0.25) is 0 Å². The Morgan fingerprint density at radius 3 is 2.59 bits per heavy atom. The zero-order valence-electron chi connectivity index (χ0n) is 14.9. The van der Waals surface area contributed by atoms with E-state index in [0.717, 1.165) is 35.3 Å². The fraction of sp³-hybridized carbons (Fsp3) is 0.273. The summed E-state index contributed by atoms with van der Waals surface area (Å²) < 4.78 is 6.26. The van der Waals surface area contributed by atoms with Gasteiger partial charge in [0, 0.05) is 23.6 Å². The highest BCUT2D eigenvalue weighted by Crippen LogP contribution is 2.51. The molecule has 0 radical (unpaired) electrons. The van der Waals surface area contributed by atoms with Crippen molar-refractivity contribution in [3.8, 4) is 0 Å². The molecule has 3 aliphatic rings. The lowest BCUT2D eigenvalue weighted by atomic mass is 9.96. The van der Waals surface area contributed by atoms with Crippen LogP contribution in [0.5, 0.6) is 0 Å². The van der Waals surface area contributed by atoms with Crippen molar-refractivity contribution >= 4 is 23.2 Å². The van der Waals surface area contributed by atoms with Gasteiger partial charge in [-0.1, -0.05) is 42.5 Å². The van der Waals surface area contributed by atoms with Crippen molar-refractivity contribution in [2.75, 3.05) is 16.3 Å². The number of rotatable bonds is 3. The third kappa shape index (κ3) is 2.15. The zero-order valence-corrected chi connectivity index (χ0v) is 14.9. The van der Waals surface area contributed by atoms with Gasteiger partial charge in [-0.3, -0.25) is 14.5 Å². The van der Waals surface area contributed by atoms with Gasteiger partial charge in [0.15, 0.2) is 0 Å². The van der Waals surface area contributed by atoms with Crippen LogP contribution in [0.15, 0.2) is 61.2 Å². The molecule has 1 spiro atoms. The summed E-state index contributed by atoms with van der Waals surface area (Å²) in [6.07, 6.45) is 3.41. The maximum Gasteiger partial charge on any atom is 0.286 e. The van der Waals surface area contributed by atoms with Gasteiger partial charge in [0.2, 0.25) is 5.91 Å². The van der Waals surface area contributed by atoms with Crippen LogP contribution in [0.1, 0.15) is 24.0 Å². The summed E-state index contributed by atoms with van der Waals surface area (Å²) in [7, 11) is 0. The van der Waals surface area contributed by atoms with Crippen LogP contribution in [-0.4, -0.2) is 18.4 Å². The molecule has 2 aromatic carbocycles. The summed E-state index contributed by atoms with van der Waals surface area (Å²) in [5.74, 6) is -0.303. The van der Waals surface area contributed by atoms with Crippen LogP contribution in [0, 0.1) is 5.92 Å². The van der Waals surface area contributed by atoms with Crippen molar-refractivity contribution < 1.29 is 14.3 Å². The number of benzene rings is 2. The van der Waals surface area contributed by atoms with Gasteiger partial charge in [0.25, 0.3) is 11.6 Å². The Bertz CT molecular complexity index is 966. The highest BCUT2D eigenvalue weighted by molar-refractivity contribution is 6.14. The third-order valence-electron chi connectivity index (χ3n) is 5.54. The maximum absolute atomic E-state index is 13.7. The highest BCUT2D eigenvalue weighted by atomic mass is 16.5. The maximum atomic E-state index is 13.7. The summed E-state index contributed by atoms with van der Waals surface area (Å²) in [5.41, 5.74) is 1.75. The Morgan fingerprint density at radius 2 is 1.85 bits per heavy atom. The number of nitrogens with zero attached hydrogens (tertiary/aromatic N) is 2. The second-order valence-electron chi connectivity index (χ2n) is 7.23. The van der Waals surface area contributed by atoms with Gasteiger partial charge in [0.1, 0.15) is 0 Å². The Balaban J connectivity index is 1.75. The zero-order chi connectivity index (χ0) is 18.6. The van der Waals surface area contributed by atoms with E-state index in [4.69, 9.17) is 4.74 Å². The fourth-order valence-corrected chi connectivity index (χ4v) is 4.12. The van der Waals surface area contributed by atoms with Gasteiger partial charge < -0.3 is 9.64 Å². The number of ether oxygens (including phenoxy) is 1. The second kappa shape index (κ2) is 5.79. The van der Waals surface area contributed by atoms with Crippen LogP contribution < -0.4 is 9.80 Å². The molecule has 2 heterocycles. The van der Waals surface area contributed by atoms with E-state index in [1.54, 1.807) is 15.9 Å². The molecule has 1 atom stereocenters. The Hall–Kier alpha value is -2.92. The monoisotopic (exact) mass is 360 g/mol. The Kier molecular flexibility index (Phi) is 3.49. The fourth-order valence-electron chi connectivity index (χ4n) is 4.12. The lowest BCUT2D eigenvalue weighted by Crippen LogP contribution is -2.60. The van der Waals surface area contributed by atoms with Gasteiger partial charge in [-0.05, 0) is 25.0 Å². The molecule has 5 nitrogen and oxygen atoms in total. The number of fused-ring (bicyclic) bond motifs is 3. The van der Waals surface area contributed by atoms with Crippen LogP contribution in [0.3, 0.4) is 0 Å². The van der Waals surface area contributed by atoms with E-state index >= 15 is 0 Å². The first-order chi connectivity index (χ1) is 13.2. The molecule has 2 amide bonds. The molecule has 27 heavy (non-hydrogen) atoms. The van der Waals surface area contributed by atoms with Crippen molar-refractivity contribution in [1.82, 2.24) is 0 Å². The summed E-state index contributed by atoms with van der Waals surface area (Å²) in [6, 6.07) is 15.2. The largest absolute Gasteiger partial charge is 0.338 e. The standard InChI is InChI=1S/C22H20N2O3/c1-2-13-23-19-10-6-4-8-17(19)22(21(23)26)24(20(25)15-11-12-15)18-9-5-3-7-16(18)14-27-22/h2-10,15H,1,11-14H2/t22-/m1/s1.